The van der Waals surface area contributed by atoms with E-state index in [4.69, 9.17) is 9.47 Å². The Bertz CT molecular complexity index is 740. The van der Waals surface area contributed by atoms with Crippen LogP contribution in [0, 0.1) is 5.82 Å². The molecule has 1 aliphatic rings. The number of nitrogens with one attached hydrogen (secondary N) is 1. The SMILES string of the molecule is CNCCCC(=O)N(Cc1ccc2c(c1)OCO2)c1ccc(F)cc1.Cl. The fourth-order valence-electron chi connectivity index (χ4n) is 2.72. The largest absolute Gasteiger partial charge is 0.454 e. The third kappa shape index (κ3) is 4.86. The number of amides is 1. The van der Waals surface area contributed by atoms with Gasteiger partial charge in [-0.05, 0) is 62.0 Å². The lowest BCUT2D eigenvalue weighted by Gasteiger charge is -2.23. The summed E-state index contributed by atoms with van der Waals surface area (Å²) in [6, 6.07) is 11.6. The van der Waals surface area contributed by atoms with Crippen LogP contribution in [0.2, 0.25) is 0 Å². The number of carbonyl (C=O) groups is 1. The highest BCUT2D eigenvalue weighted by Crippen LogP contribution is 2.33. The Balaban J connectivity index is 0.00000243. The first kappa shape index (κ1) is 20.0. The number of carbonyl (C=O) groups excluding carboxylic acids is 1. The van der Waals surface area contributed by atoms with E-state index in [1.165, 1.54) is 12.1 Å². The molecule has 2 aromatic rings. The molecule has 0 fully saturated rings. The lowest BCUT2D eigenvalue weighted by Crippen LogP contribution is -2.30. The molecule has 0 saturated heterocycles. The van der Waals surface area contributed by atoms with E-state index in [2.05, 4.69) is 5.32 Å². The van der Waals surface area contributed by atoms with Gasteiger partial charge in [-0.2, -0.15) is 0 Å². The Hall–Kier alpha value is -2.31. The summed E-state index contributed by atoms with van der Waals surface area (Å²) in [5, 5.41) is 3.04. The second-order valence-corrected chi connectivity index (χ2v) is 5.85. The predicted octanol–water partition coefficient (Wildman–Crippen LogP) is 3.51. The highest BCUT2D eigenvalue weighted by molar-refractivity contribution is 5.93. The van der Waals surface area contributed by atoms with Crippen LogP contribution in [0.1, 0.15) is 18.4 Å². The highest BCUT2D eigenvalue weighted by Gasteiger charge is 2.19. The third-order valence-electron chi connectivity index (χ3n) is 4.03. The van der Waals surface area contributed by atoms with Crippen molar-refractivity contribution in [3.05, 3.63) is 53.8 Å². The van der Waals surface area contributed by atoms with Gasteiger partial charge < -0.3 is 19.7 Å². The summed E-state index contributed by atoms with van der Waals surface area (Å²) in [4.78, 5) is 14.4. The molecule has 3 rings (SSSR count). The molecular formula is C19H22ClFN2O3. The van der Waals surface area contributed by atoms with Crippen LogP contribution in [0.3, 0.4) is 0 Å². The molecule has 140 valence electrons. The van der Waals surface area contributed by atoms with E-state index in [1.807, 2.05) is 25.2 Å². The van der Waals surface area contributed by atoms with Crippen LogP contribution < -0.4 is 19.7 Å². The van der Waals surface area contributed by atoms with Crippen molar-refractivity contribution < 1.29 is 18.7 Å². The van der Waals surface area contributed by atoms with Gasteiger partial charge in [-0.3, -0.25) is 4.79 Å². The van der Waals surface area contributed by atoms with Gasteiger partial charge in [0.2, 0.25) is 12.7 Å². The zero-order chi connectivity index (χ0) is 17.6. The van der Waals surface area contributed by atoms with Crippen molar-refractivity contribution in [3.8, 4) is 11.5 Å². The molecule has 1 amide bonds. The van der Waals surface area contributed by atoms with E-state index in [9.17, 15) is 9.18 Å². The van der Waals surface area contributed by atoms with Gasteiger partial charge in [-0.15, -0.1) is 12.4 Å². The number of anilines is 1. The van der Waals surface area contributed by atoms with E-state index in [1.54, 1.807) is 17.0 Å². The normalized spacial score (nSPS) is 11.8. The summed E-state index contributed by atoms with van der Waals surface area (Å²) >= 11 is 0. The lowest BCUT2D eigenvalue weighted by molar-refractivity contribution is -0.118. The number of ether oxygens (including phenoxy) is 2. The van der Waals surface area contributed by atoms with Crippen molar-refractivity contribution >= 4 is 24.0 Å². The summed E-state index contributed by atoms with van der Waals surface area (Å²) in [5.41, 5.74) is 1.60. The molecule has 7 heteroatoms. The Kier molecular flexibility index (Phi) is 7.24. The van der Waals surface area contributed by atoms with Crippen molar-refractivity contribution in [2.75, 3.05) is 25.3 Å². The molecule has 0 radical (unpaired) electrons. The average Bonchev–Trinajstić information content (AvgIpc) is 3.08. The minimum atomic E-state index is -0.325. The number of benzene rings is 2. The molecule has 1 aliphatic heterocycles. The van der Waals surface area contributed by atoms with E-state index < -0.39 is 0 Å². The van der Waals surface area contributed by atoms with Crippen molar-refractivity contribution in [2.45, 2.75) is 19.4 Å². The van der Waals surface area contributed by atoms with E-state index in [-0.39, 0.29) is 30.9 Å². The number of rotatable bonds is 7. The average molecular weight is 381 g/mol. The van der Waals surface area contributed by atoms with Gasteiger partial charge in [0.15, 0.2) is 11.5 Å². The summed E-state index contributed by atoms with van der Waals surface area (Å²) < 4.78 is 24.0. The van der Waals surface area contributed by atoms with E-state index in [0.29, 0.717) is 30.2 Å². The maximum atomic E-state index is 13.2. The van der Waals surface area contributed by atoms with E-state index >= 15 is 0 Å². The van der Waals surface area contributed by atoms with Gasteiger partial charge in [-0.1, -0.05) is 6.07 Å². The smallest absolute Gasteiger partial charge is 0.231 e. The van der Waals surface area contributed by atoms with Crippen LogP contribution in [-0.4, -0.2) is 26.3 Å². The predicted molar refractivity (Wildman–Crippen MR) is 101 cm³/mol. The van der Waals surface area contributed by atoms with Crippen LogP contribution >= 0.6 is 12.4 Å². The first-order valence-electron chi connectivity index (χ1n) is 8.26. The number of nitrogens with zero attached hydrogens (tertiary/aromatic N) is 1. The molecule has 1 heterocycles. The minimum Gasteiger partial charge on any atom is -0.454 e. The standard InChI is InChI=1S/C19H21FN2O3.ClH/c1-21-10-2-3-19(23)22(16-7-5-15(20)6-8-16)12-14-4-9-17-18(11-14)25-13-24-17;/h4-9,11,21H,2-3,10,12-13H2,1H3;1H. The summed E-state index contributed by atoms with van der Waals surface area (Å²) in [6.45, 7) is 1.37. The monoisotopic (exact) mass is 380 g/mol. The molecule has 1 N–H and O–H groups in total. The minimum absolute atomic E-state index is 0. The van der Waals surface area contributed by atoms with Gasteiger partial charge in [0.05, 0.1) is 6.54 Å². The third-order valence-corrected chi connectivity index (χ3v) is 4.03. The Labute approximate surface area is 158 Å². The molecule has 0 spiro atoms. The number of hydrogen-bond acceptors (Lipinski definition) is 4. The van der Waals surface area contributed by atoms with Crippen LogP contribution in [0.15, 0.2) is 42.5 Å². The van der Waals surface area contributed by atoms with Crippen molar-refractivity contribution in [2.24, 2.45) is 0 Å². The Morgan fingerprint density at radius 3 is 2.62 bits per heavy atom. The zero-order valence-corrected chi connectivity index (χ0v) is 15.4. The zero-order valence-electron chi connectivity index (χ0n) is 14.5. The molecule has 5 nitrogen and oxygen atoms in total. The molecule has 0 bridgehead atoms. The number of halogens is 2. The van der Waals surface area contributed by atoms with Gasteiger partial charge >= 0.3 is 0 Å². The van der Waals surface area contributed by atoms with Crippen molar-refractivity contribution in [3.63, 3.8) is 0 Å². The molecule has 0 aromatic heterocycles. The molecule has 0 atom stereocenters. The highest BCUT2D eigenvalue weighted by atomic mass is 35.5. The first-order chi connectivity index (χ1) is 12.2. The van der Waals surface area contributed by atoms with Crippen LogP contribution in [-0.2, 0) is 11.3 Å². The van der Waals surface area contributed by atoms with Gasteiger partial charge in [0.1, 0.15) is 5.82 Å². The quantitative estimate of drug-likeness (QED) is 0.747. The Morgan fingerprint density at radius 1 is 1.15 bits per heavy atom. The summed E-state index contributed by atoms with van der Waals surface area (Å²) in [6.07, 6.45) is 1.16. The van der Waals surface area contributed by atoms with E-state index in [0.717, 1.165) is 18.5 Å². The second-order valence-electron chi connectivity index (χ2n) is 5.85. The lowest BCUT2D eigenvalue weighted by atomic mass is 10.1. The van der Waals surface area contributed by atoms with Crippen molar-refractivity contribution in [1.29, 1.82) is 0 Å². The summed E-state index contributed by atoms with van der Waals surface area (Å²) in [7, 11) is 1.86. The van der Waals surface area contributed by atoms with Gasteiger partial charge in [-0.25, -0.2) is 4.39 Å². The molecule has 0 aliphatic carbocycles. The second kappa shape index (κ2) is 9.40. The molecule has 26 heavy (non-hydrogen) atoms. The van der Waals surface area contributed by atoms with Crippen molar-refractivity contribution in [1.82, 2.24) is 5.32 Å². The van der Waals surface area contributed by atoms with Gasteiger partial charge in [0.25, 0.3) is 0 Å². The topological polar surface area (TPSA) is 50.8 Å². The molecular weight excluding hydrogens is 359 g/mol. The first-order valence-corrected chi connectivity index (χ1v) is 8.26. The number of hydrogen-bond donors (Lipinski definition) is 1. The maximum Gasteiger partial charge on any atom is 0.231 e. The van der Waals surface area contributed by atoms with Crippen LogP contribution in [0.25, 0.3) is 0 Å². The molecule has 0 unspecified atom stereocenters. The number of fused-ring (bicyclic) bond motifs is 1. The van der Waals surface area contributed by atoms with Crippen LogP contribution in [0.4, 0.5) is 10.1 Å². The maximum absolute atomic E-state index is 13.2. The van der Waals surface area contributed by atoms with Gasteiger partial charge in [0, 0.05) is 12.1 Å². The molecule has 2 aromatic carbocycles. The Morgan fingerprint density at radius 2 is 1.88 bits per heavy atom. The summed E-state index contributed by atoms with van der Waals surface area (Å²) in [5.74, 6) is 1.06. The fraction of sp³-hybridized carbons (Fsp3) is 0.316. The van der Waals surface area contributed by atoms with Crippen LogP contribution in [0.5, 0.6) is 11.5 Å². The molecule has 0 saturated carbocycles. The fourth-order valence-corrected chi connectivity index (χ4v) is 2.72.